The lowest BCUT2D eigenvalue weighted by atomic mass is 9.86. The Morgan fingerprint density at radius 1 is 0.517 bits per heavy atom. The number of ether oxygens (including phenoxy) is 7. The maximum atomic E-state index is 13.8. The minimum Gasteiger partial charge on any atom is -0.464 e. The van der Waals surface area contributed by atoms with Crippen LogP contribution >= 0.6 is 0 Å². The molecule has 1 saturated heterocycles. The van der Waals surface area contributed by atoms with Gasteiger partial charge in [-0.25, -0.2) is 9.59 Å². The number of aromatic amines is 1. The summed E-state index contributed by atoms with van der Waals surface area (Å²) in [6, 6.07) is 48.7. The Balaban J connectivity index is 1.39. The van der Waals surface area contributed by atoms with Crippen LogP contribution in [-0.2, 0) is 59.6 Å². The molecule has 10 heteroatoms. The molecule has 58 heavy (non-hydrogen) atoms. The number of nitrogens with one attached hydrogen (secondary N) is 1. The number of methoxy groups -OCH3 is 2. The Kier molecular flexibility index (Phi) is 13.9. The molecule has 1 aliphatic heterocycles. The van der Waals surface area contributed by atoms with Crippen molar-refractivity contribution in [1.82, 2.24) is 4.98 Å². The van der Waals surface area contributed by atoms with Gasteiger partial charge >= 0.3 is 11.9 Å². The van der Waals surface area contributed by atoms with Crippen LogP contribution in [0.25, 0.3) is 11.1 Å². The van der Waals surface area contributed by atoms with Crippen molar-refractivity contribution in [2.75, 3.05) is 20.8 Å². The lowest BCUT2D eigenvalue weighted by molar-refractivity contribution is -0.275. The predicted molar refractivity (Wildman–Crippen MR) is 218 cm³/mol. The predicted octanol–water partition coefficient (Wildman–Crippen LogP) is 8.67. The van der Waals surface area contributed by atoms with E-state index in [2.05, 4.69) is 4.98 Å². The molecule has 5 aromatic carbocycles. The van der Waals surface area contributed by atoms with Gasteiger partial charge in [0.2, 0.25) is 0 Å². The number of hydrogen-bond acceptors (Lipinski definition) is 9. The molecule has 0 spiro atoms. The third-order valence-corrected chi connectivity index (χ3v) is 10.0. The van der Waals surface area contributed by atoms with Crippen LogP contribution in [0.3, 0.4) is 0 Å². The molecule has 0 saturated carbocycles. The minimum absolute atomic E-state index is 0.0227. The van der Waals surface area contributed by atoms with Crippen LogP contribution in [0.4, 0.5) is 0 Å². The van der Waals surface area contributed by atoms with Crippen LogP contribution in [0.5, 0.6) is 0 Å². The van der Waals surface area contributed by atoms with Crippen LogP contribution in [0.15, 0.2) is 152 Å². The number of esters is 2. The summed E-state index contributed by atoms with van der Waals surface area (Å²) >= 11 is 0. The van der Waals surface area contributed by atoms with Crippen LogP contribution < -0.4 is 0 Å². The first kappa shape index (κ1) is 40.3. The molecule has 0 aliphatic carbocycles. The van der Waals surface area contributed by atoms with Gasteiger partial charge in [0.1, 0.15) is 41.9 Å². The maximum absolute atomic E-state index is 13.8. The number of rotatable bonds is 17. The molecule has 298 valence electrons. The molecule has 5 atom stereocenters. The lowest BCUT2D eigenvalue weighted by Crippen LogP contribution is -2.58. The summed E-state index contributed by atoms with van der Waals surface area (Å²) < 4.78 is 44.9. The van der Waals surface area contributed by atoms with Crippen molar-refractivity contribution in [2.45, 2.75) is 56.9 Å². The van der Waals surface area contributed by atoms with Crippen molar-refractivity contribution >= 4 is 11.9 Å². The van der Waals surface area contributed by atoms with Crippen LogP contribution in [0.1, 0.15) is 54.9 Å². The van der Waals surface area contributed by atoms with Crippen molar-refractivity contribution < 1.29 is 42.7 Å². The third-order valence-electron chi connectivity index (χ3n) is 10.0. The number of carbonyl (C=O) groups is 2. The van der Waals surface area contributed by atoms with Crippen molar-refractivity contribution in [3.63, 3.8) is 0 Å². The molecule has 6 aromatic rings. The Morgan fingerprint density at radius 2 is 0.931 bits per heavy atom. The largest absolute Gasteiger partial charge is 0.464 e. The normalized spacial score (nSPS) is 19.0. The average molecular weight is 782 g/mol. The van der Waals surface area contributed by atoms with E-state index in [1.54, 1.807) is 0 Å². The molecular weight excluding hydrogens is 735 g/mol. The monoisotopic (exact) mass is 781 g/mol. The highest BCUT2D eigenvalue weighted by atomic mass is 16.6. The van der Waals surface area contributed by atoms with Gasteiger partial charge in [0.15, 0.2) is 0 Å². The van der Waals surface area contributed by atoms with Crippen LogP contribution in [0, 0.1) is 0 Å². The fourth-order valence-corrected chi connectivity index (χ4v) is 7.24. The highest BCUT2D eigenvalue weighted by Gasteiger charge is 2.51. The van der Waals surface area contributed by atoms with Gasteiger partial charge in [0.25, 0.3) is 0 Å². The number of benzene rings is 5. The van der Waals surface area contributed by atoms with Gasteiger partial charge in [-0.2, -0.15) is 0 Å². The first-order valence-corrected chi connectivity index (χ1v) is 19.3. The van der Waals surface area contributed by atoms with Gasteiger partial charge in [0, 0.05) is 11.1 Å². The van der Waals surface area contributed by atoms with Gasteiger partial charge < -0.3 is 38.1 Å². The zero-order chi connectivity index (χ0) is 40.1. The summed E-state index contributed by atoms with van der Waals surface area (Å²) in [5.74, 6) is -1.37. The zero-order valence-electron chi connectivity index (χ0n) is 32.5. The maximum Gasteiger partial charge on any atom is 0.355 e. The quantitative estimate of drug-likeness (QED) is 0.0909. The summed E-state index contributed by atoms with van der Waals surface area (Å²) in [7, 11) is 2.58. The lowest BCUT2D eigenvalue weighted by Gasteiger charge is -2.46. The second kappa shape index (κ2) is 20.0. The summed E-state index contributed by atoms with van der Waals surface area (Å²) in [6.07, 6.45) is -4.19. The number of hydrogen-bond donors (Lipinski definition) is 1. The van der Waals surface area contributed by atoms with E-state index in [1.165, 1.54) is 14.2 Å². The van der Waals surface area contributed by atoms with E-state index in [-0.39, 0.29) is 37.8 Å². The minimum atomic E-state index is -1.02. The molecule has 1 N–H and O–H groups in total. The summed E-state index contributed by atoms with van der Waals surface area (Å²) in [5, 5.41) is 0. The molecule has 1 fully saturated rings. The molecule has 0 radical (unpaired) electrons. The summed E-state index contributed by atoms with van der Waals surface area (Å²) in [5.41, 5.74) is 5.33. The van der Waals surface area contributed by atoms with Gasteiger partial charge in [-0.05, 0) is 27.8 Å². The molecule has 0 amide bonds. The van der Waals surface area contributed by atoms with E-state index in [4.69, 9.17) is 33.2 Å². The van der Waals surface area contributed by atoms with Gasteiger partial charge in [-0.3, -0.25) is 0 Å². The average Bonchev–Trinajstić information content (AvgIpc) is 3.69. The SMILES string of the molecule is COC(=O)c1[nH]c(C(=O)OC)c([C@H]2O[C@H](COCc3ccccc3)[C@@H](OCc3ccccc3)[C@H](OCc3ccccc3)[C@H]2OCc2ccccc2)c1-c1ccccc1. The van der Waals surface area contributed by atoms with E-state index in [0.29, 0.717) is 23.3 Å². The molecule has 7 rings (SSSR count). The topological polar surface area (TPSA) is 115 Å². The molecule has 1 aliphatic rings. The first-order chi connectivity index (χ1) is 28.5. The third kappa shape index (κ3) is 9.79. The fraction of sp³-hybridized carbons (Fsp3) is 0.250. The smallest absolute Gasteiger partial charge is 0.355 e. The molecular formula is C48H47NO9. The van der Waals surface area contributed by atoms with Crippen molar-refractivity contribution in [2.24, 2.45) is 0 Å². The van der Waals surface area contributed by atoms with E-state index in [0.717, 1.165) is 22.3 Å². The molecule has 2 heterocycles. The number of aromatic nitrogens is 1. The van der Waals surface area contributed by atoms with Gasteiger partial charge in [-0.15, -0.1) is 0 Å². The second-order valence-electron chi connectivity index (χ2n) is 13.9. The molecule has 10 nitrogen and oxygen atoms in total. The highest BCUT2D eigenvalue weighted by Crippen LogP contribution is 2.45. The van der Waals surface area contributed by atoms with Crippen molar-refractivity contribution in [1.29, 1.82) is 0 Å². The van der Waals surface area contributed by atoms with E-state index in [1.807, 2.05) is 152 Å². The summed E-state index contributed by atoms with van der Waals surface area (Å²) in [6.45, 7) is 1.08. The van der Waals surface area contributed by atoms with E-state index in [9.17, 15) is 9.59 Å². The van der Waals surface area contributed by atoms with Crippen LogP contribution in [-0.4, -0.2) is 62.2 Å². The highest BCUT2D eigenvalue weighted by molar-refractivity contribution is 6.02. The van der Waals surface area contributed by atoms with Crippen molar-refractivity contribution in [3.05, 3.63) is 191 Å². The van der Waals surface area contributed by atoms with Gasteiger partial charge in [-0.1, -0.05) is 152 Å². The molecule has 1 aromatic heterocycles. The molecule has 0 unspecified atom stereocenters. The number of carbonyl (C=O) groups excluding carboxylic acids is 2. The second-order valence-corrected chi connectivity index (χ2v) is 13.9. The Bertz CT molecular complexity index is 2180. The zero-order valence-corrected chi connectivity index (χ0v) is 32.5. The van der Waals surface area contributed by atoms with E-state index < -0.39 is 42.5 Å². The fourth-order valence-electron chi connectivity index (χ4n) is 7.24. The van der Waals surface area contributed by atoms with Gasteiger partial charge in [0.05, 0.1) is 47.3 Å². The Labute approximate surface area is 338 Å². The number of H-pyrrole nitrogens is 1. The standard InChI is InChI=1S/C48H47NO9/c1-52-47(50)41-39(37-26-16-7-17-27-37)40(42(49-41)48(51)53-2)44-46(57-31-36-24-14-6-15-25-36)45(56-30-35-22-12-5-13-23-35)43(55-29-34-20-10-4-11-21-34)38(58-44)32-54-28-33-18-8-3-9-19-33/h3-27,38,43-46,49H,28-32H2,1-2H3/t38-,43-,44-,45+,46+/m1/s1. The van der Waals surface area contributed by atoms with E-state index >= 15 is 0 Å². The van der Waals surface area contributed by atoms with Crippen LogP contribution in [0.2, 0.25) is 0 Å². The Hall–Kier alpha value is -5.88. The first-order valence-electron chi connectivity index (χ1n) is 19.3. The summed E-state index contributed by atoms with van der Waals surface area (Å²) in [4.78, 5) is 30.4. The Morgan fingerprint density at radius 3 is 1.41 bits per heavy atom. The molecule has 0 bridgehead atoms. The van der Waals surface area contributed by atoms with Crippen molar-refractivity contribution in [3.8, 4) is 11.1 Å².